The van der Waals surface area contributed by atoms with Crippen molar-refractivity contribution in [3.63, 3.8) is 0 Å². The van der Waals surface area contributed by atoms with Gasteiger partial charge >= 0.3 is 5.97 Å². The lowest BCUT2D eigenvalue weighted by Crippen LogP contribution is -2.03. The van der Waals surface area contributed by atoms with Gasteiger partial charge in [0, 0.05) is 29.0 Å². The second-order valence-corrected chi connectivity index (χ2v) is 8.12. The van der Waals surface area contributed by atoms with Gasteiger partial charge in [0.25, 0.3) is 0 Å². The van der Waals surface area contributed by atoms with Gasteiger partial charge in [0.1, 0.15) is 17.1 Å². The minimum absolute atomic E-state index is 0.171. The molecule has 0 amide bonds. The highest BCUT2D eigenvalue weighted by Crippen LogP contribution is 2.42. The SMILES string of the molecule is O=C(O)c1ccccc1-c1c2ccc(=O)cc-2oc2cc(-c3ccc4c(c3)OCC4)ccc12. The Morgan fingerprint density at radius 3 is 2.55 bits per heavy atom. The third kappa shape index (κ3) is 3.17. The predicted molar refractivity (Wildman–Crippen MR) is 126 cm³/mol. The maximum absolute atomic E-state index is 12.1. The second-order valence-electron chi connectivity index (χ2n) is 8.12. The zero-order valence-electron chi connectivity index (χ0n) is 17.5. The first-order valence-corrected chi connectivity index (χ1v) is 10.7. The van der Waals surface area contributed by atoms with Crippen LogP contribution in [-0.4, -0.2) is 17.7 Å². The second kappa shape index (κ2) is 7.35. The largest absolute Gasteiger partial charge is 0.493 e. The maximum atomic E-state index is 12.1. The highest BCUT2D eigenvalue weighted by atomic mass is 16.5. The van der Waals surface area contributed by atoms with Crippen LogP contribution in [0.25, 0.3) is 44.5 Å². The Hall–Kier alpha value is -4.38. The number of carboxylic acid groups (broad SMARTS) is 1. The summed E-state index contributed by atoms with van der Waals surface area (Å²) in [5, 5.41) is 10.6. The van der Waals surface area contributed by atoms with Gasteiger partial charge in [0.15, 0.2) is 5.43 Å². The van der Waals surface area contributed by atoms with Crippen molar-refractivity contribution in [2.75, 3.05) is 6.61 Å². The standard InChI is InChI=1S/C28H18O5/c29-19-8-10-23-26(15-19)33-25-14-18(17-6-5-16-11-12-32-24(16)13-17)7-9-22(25)27(23)20-3-1-2-4-21(20)28(30)31/h1-10,13-15H,11-12H2,(H,30,31). The van der Waals surface area contributed by atoms with E-state index in [1.54, 1.807) is 24.3 Å². The fourth-order valence-electron chi connectivity index (χ4n) is 4.57. The number of aromatic carboxylic acids is 1. The van der Waals surface area contributed by atoms with E-state index in [9.17, 15) is 14.7 Å². The molecule has 5 heteroatoms. The van der Waals surface area contributed by atoms with Crippen LogP contribution < -0.4 is 10.2 Å². The minimum atomic E-state index is -1.01. The van der Waals surface area contributed by atoms with E-state index >= 15 is 0 Å². The average Bonchev–Trinajstić information content (AvgIpc) is 3.30. The zero-order chi connectivity index (χ0) is 22.5. The van der Waals surface area contributed by atoms with Gasteiger partial charge in [0.2, 0.25) is 0 Å². The van der Waals surface area contributed by atoms with E-state index in [0.29, 0.717) is 29.1 Å². The molecule has 0 saturated carbocycles. The number of hydrogen-bond donors (Lipinski definition) is 1. The molecule has 0 atom stereocenters. The molecule has 5 nitrogen and oxygen atoms in total. The summed E-state index contributed by atoms with van der Waals surface area (Å²) < 4.78 is 11.9. The highest BCUT2D eigenvalue weighted by molar-refractivity contribution is 6.07. The Labute approximate surface area is 188 Å². The summed E-state index contributed by atoms with van der Waals surface area (Å²) in [7, 11) is 0. The molecule has 0 unspecified atom stereocenters. The average molecular weight is 434 g/mol. The number of carbonyl (C=O) groups is 1. The van der Waals surface area contributed by atoms with Crippen molar-refractivity contribution in [2.45, 2.75) is 6.42 Å². The topological polar surface area (TPSA) is 76.7 Å². The fourth-order valence-corrected chi connectivity index (χ4v) is 4.57. The number of rotatable bonds is 3. The first-order valence-electron chi connectivity index (χ1n) is 10.7. The zero-order valence-corrected chi connectivity index (χ0v) is 17.5. The van der Waals surface area contributed by atoms with Gasteiger partial charge in [-0.15, -0.1) is 0 Å². The Balaban J connectivity index is 1.64. The third-order valence-corrected chi connectivity index (χ3v) is 6.15. The predicted octanol–water partition coefficient (Wildman–Crippen LogP) is 5.86. The van der Waals surface area contributed by atoms with Crippen LogP contribution in [0.4, 0.5) is 0 Å². The van der Waals surface area contributed by atoms with Crippen LogP contribution in [0.5, 0.6) is 5.75 Å². The van der Waals surface area contributed by atoms with Crippen LogP contribution in [0.1, 0.15) is 15.9 Å². The minimum Gasteiger partial charge on any atom is -0.493 e. The van der Waals surface area contributed by atoms with Crippen molar-refractivity contribution in [3.8, 4) is 39.3 Å². The van der Waals surface area contributed by atoms with Gasteiger partial charge in [0.05, 0.1) is 12.2 Å². The number of benzene rings is 4. The normalized spacial score (nSPS) is 12.6. The molecule has 1 aliphatic carbocycles. The number of hydrogen-bond acceptors (Lipinski definition) is 4. The van der Waals surface area contributed by atoms with E-state index < -0.39 is 5.97 Å². The summed E-state index contributed by atoms with van der Waals surface area (Å²) in [6.45, 7) is 0.696. The molecule has 3 aliphatic rings. The van der Waals surface area contributed by atoms with Crippen LogP contribution in [0.3, 0.4) is 0 Å². The first-order chi connectivity index (χ1) is 16.1. The Morgan fingerprint density at radius 2 is 1.67 bits per heavy atom. The van der Waals surface area contributed by atoms with Crippen molar-refractivity contribution in [2.24, 2.45) is 0 Å². The molecule has 0 fully saturated rings. The molecule has 33 heavy (non-hydrogen) atoms. The van der Waals surface area contributed by atoms with Gasteiger partial charge in [-0.1, -0.05) is 36.4 Å². The van der Waals surface area contributed by atoms with Crippen molar-refractivity contribution >= 4 is 16.9 Å². The Kier molecular flexibility index (Phi) is 4.30. The summed E-state index contributed by atoms with van der Waals surface area (Å²) in [5.41, 5.74) is 5.73. The number of carboxylic acids is 1. The van der Waals surface area contributed by atoms with Crippen molar-refractivity contribution in [1.29, 1.82) is 0 Å². The van der Waals surface area contributed by atoms with E-state index in [4.69, 9.17) is 9.15 Å². The molecule has 0 spiro atoms. The van der Waals surface area contributed by atoms with E-state index in [1.807, 2.05) is 30.3 Å². The molecule has 0 aromatic heterocycles. The molecule has 6 rings (SSSR count). The lowest BCUT2D eigenvalue weighted by Gasteiger charge is -2.17. The van der Waals surface area contributed by atoms with Crippen LogP contribution >= 0.6 is 0 Å². The van der Waals surface area contributed by atoms with Crippen molar-refractivity contribution in [3.05, 3.63) is 100 Å². The lowest BCUT2D eigenvalue weighted by atomic mass is 9.90. The van der Waals surface area contributed by atoms with Gasteiger partial charge in [-0.25, -0.2) is 4.79 Å². The number of ether oxygens (including phenoxy) is 1. The fraction of sp³-hybridized carbons (Fsp3) is 0.0714. The number of fused-ring (bicyclic) bond motifs is 3. The molecule has 0 bridgehead atoms. The van der Waals surface area contributed by atoms with E-state index in [2.05, 4.69) is 12.1 Å². The van der Waals surface area contributed by atoms with Crippen molar-refractivity contribution < 1.29 is 19.1 Å². The molecular formula is C28H18O5. The van der Waals surface area contributed by atoms with Crippen LogP contribution in [0.2, 0.25) is 0 Å². The smallest absolute Gasteiger partial charge is 0.336 e. The van der Waals surface area contributed by atoms with Crippen LogP contribution in [0.15, 0.2) is 88.1 Å². The summed E-state index contributed by atoms with van der Waals surface area (Å²) in [6.07, 6.45) is 0.915. The molecule has 0 saturated heterocycles. The van der Waals surface area contributed by atoms with E-state index in [1.165, 1.54) is 17.7 Å². The van der Waals surface area contributed by atoms with Gasteiger partial charge < -0.3 is 14.3 Å². The Morgan fingerprint density at radius 1 is 0.848 bits per heavy atom. The third-order valence-electron chi connectivity index (χ3n) is 6.15. The summed E-state index contributed by atoms with van der Waals surface area (Å²) in [4.78, 5) is 24.0. The van der Waals surface area contributed by atoms with E-state index in [-0.39, 0.29) is 11.0 Å². The summed E-state index contributed by atoms with van der Waals surface area (Å²) in [5.74, 6) is 0.303. The first kappa shape index (κ1) is 19.3. The van der Waals surface area contributed by atoms with Gasteiger partial charge in [-0.05, 0) is 58.7 Å². The molecule has 3 aromatic carbocycles. The summed E-state index contributed by atoms with van der Waals surface area (Å²) >= 11 is 0. The molecule has 2 aliphatic heterocycles. The van der Waals surface area contributed by atoms with Gasteiger partial charge in [-0.2, -0.15) is 0 Å². The lowest BCUT2D eigenvalue weighted by molar-refractivity contribution is 0.0697. The highest BCUT2D eigenvalue weighted by Gasteiger charge is 2.22. The van der Waals surface area contributed by atoms with E-state index in [0.717, 1.165) is 34.2 Å². The quantitative estimate of drug-likeness (QED) is 0.360. The monoisotopic (exact) mass is 434 g/mol. The van der Waals surface area contributed by atoms with Crippen molar-refractivity contribution in [1.82, 2.24) is 0 Å². The molecule has 160 valence electrons. The molecule has 1 N–H and O–H groups in total. The molecule has 0 radical (unpaired) electrons. The van der Waals surface area contributed by atoms with Gasteiger partial charge in [-0.3, -0.25) is 4.79 Å². The maximum Gasteiger partial charge on any atom is 0.336 e. The summed E-state index contributed by atoms with van der Waals surface area (Å²) in [6, 6.07) is 23.5. The molecule has 2 heterocycles. The van der Waals surface area contributed by atoms with Crippen LogP contribution in [-0.2, 0) is 6.42 Å². The molecule has 3 aromatic rings. The molecular weight excluding hydrogens is 416 g/mol. The van der Waals surface area contributed by atoms with Crippen LogP contribution in [0, 0.1) is 0 Å². The Bertz CT molecular complexity index is 1590.